The largest absolute Gasteiger partial charge is 0.319 e. The van der Waals surface area contributed by atoms with Gasteiger partial charge in [-0.2, -0.15) is 0 Å². The van der Waals surface area contributed by atoms with Gasteiger partial charge in [0.15, 0.2) is 0 Å². The Balaban J connectivity index is 2.27. The minimum absolute atomic E-state index is 0.237. The first-order valence-electron chi connectivity index (χ1n) is 5.40. The molecule has 0 aromatic heterocycles. The van der Waals surface area contributed by atoms with Crippen molar-refractivity contribution in [1.82, 2.24) is 0 Å². The van der Waals surface area contributed by atoms with Gasteiger partial charge in [-0.15, -0.1) is 0 Å². The Morgan fingerprint density at radius 2 is 1.94 bits per heavy atom. The van der Waals surface area contributed by atoms with Crippen LogP contribution in [0.15, 0.2) is 42.5 Å². The topological polar surface area (TPSA) is 29.1 Å². The number of para-hydroxylation sites is 1. The molecule has 0 aliphatic carbocycles. The van der Waals surface area contributed by atoms with Gasteiger partial charge in [-0.05, 0) is 59.3 Å². The number of aryl methyl sites for hydroxylation is 1. The van der Waals surface area contributed by atoms with Crippen molar-refractivity contribution in [3.05, 3.63) is 63.0 Å². The van der Waals surface area contributed by atoms with Gasteiger partial charge in [0, 0.05) is 9.13 Å². The second-order valence-corrected chi connectivity index (χ2v) is 5.14. The minimum Gasteiger partial charge on any atom is -0.319 e. The molecule has 0 radical (unpaired) electrons. The molecule has 0 saturated carbocycles. The lowest BCUT2D eigenvalue weighted by molar-refractivity contribution is 0.102. The van der Waals surface area contributed by atoms with Crippen LogP contribution in [-0.4, -0.2) is 5.91 Å². The third-order valence-corrected chi connectivity index (χ3v) is 3.22. The normalized spacial score (nSPS) is 10.2. The maximum atomic E-state index is 13.6. The van der Waals surface area contributed by atoms with Gasteiger partial charge in [-0.1, -0.05) is 18.2 Å². The molecule has 0 bridgehead atoms. The summed E-state index contributed by atoms with van der Waals surface area (Å²) in [5.74, 6) is -0.726. The first-order valence-corrected chi connectivity index (χ1v) is 6.48. The van der Waals surface area contributed by atoms with Gasteiger partial charge >= 0.3 is 0 Å². The molecule has 0 heterocycles. The van der Waals surface area contributed by atoms with Gasteiger partial charge in [0.25, 0.3) is 5.91 Å². The number of hydrogen-bond donors (Lipinski definition) is 1. The molecule has 4 heteroatoms. The fraction of sp³-hybridized carbons (Fsp3) is 0.0714. The number of carbonyl (C=O) groups is 1. The second kappa shape index (κ2) is 5.48. The van der Waals surface area contributed by atoms with Crippen molar-refractivity contribution in [2.45, 2.75) is 6.92 Å². The quantitative estimate of drug-likeness (QED) is 0.811. The molecule has 18 heavy (non-hydrogen) atoms. The molecule has 1 amide bonds. The van der Waals surface area contributed by atoms with Gasteiger partial charge < -0.3 is 5.32 Å². The van der Waals surface area contributed by atoms with E-state index in [4.69, 9.17) is 0 Å². The summed E-state index contributed by atoms with van der Waals surface area (Å²) in [4.78, 5) is 12.0. The summed E-state index contributed by atoms with van der Waals surface area (Å²) in [6.07, 6.45) is 0. The predicted molar refractivity (Wildman–Crippen MR) is 78.2 cm³/mol. The highest BCUT2D eigenvalue weighted by Gasteiger charge is 2.11. The number of anilines is 1. The highest BCUT2D eigenvalue weighted by molar-refractivity contribution is 14.1. The molecule has 0 atom stereocenters. The standard InChI is InChI=1S/C14H11FINO/c1-9-4-2-7-12(15)13(9)17-14(18)10-5-3-6-11(16)8-10/h2-8H,1H3,(H,17,18). The highest BCUT2D eigenvalue weighted by atomic mass is 127. The molecule has 1 N–H and O–H groups in total. The lowest BCUT2D eigenvalue weighted by Gasteiger charge is -2.09. The zero-order valence-electron chi connectivity index (χ0n) is 9.71. The fourth-order valence-electron chi connectivity index (χ4n) is 1.61. The van der Waals surface area contributed by atoms with Crippen LogP contribution >= 0.6 is 22.6 Å². The maximum absolute atomic E-state index is 13.6. The number of amides is 1. The van der Waals surface area contributed by atoms with Gasteiger partial charge in [0.2, 0.25) is 0 Å². The number of benzene rings is 2. The van der Waals surface area contributed by atoms with Crippen LogP contribution < -0.4 is 5.32 Å². The Bertz CT molecular complexity index is 578. The molecule has 0 unspecified atom stereocenters. The van der Waals surface area contributed by atoms with Crippen molar-refractivity contribution >= 4 is 34.2 Å². The number of carbonyl (C=O) groups excluding carboxylic acids is 1. The molecule has 0 saturated heterocycles. The van der Waals surface area contributed by atoms with E-state index in [9.17, 15) is 9.18 Å². The lowest BCUT2D eigenvalue weighted by atomic mass is 10.1. The molecular formula is C14H11FINO. The Morgan fingerprint density at radius 1 is 1.22 bits per heavy atom. The third-order valence-electron chi connectivity index (χ3n) is 2.55. The zero-order valence-corrected chi connectivity index (χ0v) is 11.9. The van der Waals surface area contributed by atoms with E-state index in [1.54, 1.807) is 37.3 Å². The van der Waals surface area contributed by atoms with E-state index in [0.29, 0.717) is 11.1 Å². The van der Waals surface area contributed by atoms with Crippen molar-refractivity contribution < 1.29 is 9.18 Å². The number of rotatable bonds is 2. The van der Waals surface area contributed by atoms with E-state index in [1.165, 1.54) is 6.07 Å². The third kappa shape index (κ3) is 2.87. The summed E-state index contributed by atoms with van der Waals surface area (Å²) in [7, 11) is 0. The van der Waals surface area contributed by atoms with Crippen molar-refractivity contribution in [2.75, 3.05) is 5.32 Å². The van der Waals surface area contributed by atoms with Crippen LogP contribution in [0.2, 0.25) is 0 Å². The maximum Gasteiger partial charge on any atom is 0.255 e. The number of hydrogen-bond acceptors (Lipinski definition) is 1. The van der Waals surface area contributed by atoms with Crippen molar-refractivity contribution in [2.24, 2.45) is 0 Å². The molecule has 0 fully saturated rings. The Hall–Kier alpha value is -1.43. The summed E-state index contributed by atoms with van der Waals surface area (Å²) >= 11 is 2.13. The fourth-order valence-corrected chi connectivity index (χ4v) is 2.15. The summed E-state index contributed by atoms with van der Waals surface area (Å²) < 4.78 is 14.6. The first kappa shape index (κ1) is 13.0. The molecular weight excluding hydrogens is 344 g/mol. The van der Waals surface area contributed by atoms with E-state index < -0.39 is 5.82 Å². The Kier molecular flexibility index (Phi) is 3.96. The first-order chi connectivity index (χ1) is 8.58. The molecule has 2 nitrogen and oxygen atoms in total. The molecule has 0 spiro atoms. The van der Waals surface area contributed by atoms with E-state index in [2.05, 4.69) is 27.9 Å². The van der Waals surface area contributed by atoms with Crippen LogP contribution in [0, 0.1) is 16.3 Å². The summed E-state index contributed by atoms with van der Waals surface area (Å²) in [5.41, 5.74) is 1.46. The highest BCUT2D eigenvalue weighted by Crippen LogP contribution is 2.20. The van der Waals surface area contributed by atoms with E-state index >= 15 is 0 Å². The molecule has 92 valence electrons. The number of halogens is 2. The molecule has 0 aliphatic heterocycles. The van der Waals surface area contributed by atoms with Crippen LogP contribution in [0.5, 0.6) is 0 Å². The van der Waals surface area contributed by atoms with Crippen LogP contribution in [-0.2, 0) is 0 Å². The van der Waals surface area contributed by atoms with Crippen molar-refractivity contribution in [3.63, 3.8) is 0 Å². The monoisotopic (exact) mass is 355 g/mol. The minimum atomic E-state index is -0.422. The van der Waals surface area contributed by atoms with Gasteiger partial charge in [0.05, 0.1) is 5.69 Å². The van der Waals surface area contributed by atoms with Crippen LogP contribution in [0.4, 0.5) is 10.1 Å². The van der Waals surface area contributed by atoms with Crippen LogP contribution in [0.25, 0.3) is 0 Å². The van der Waals surface area contributed by atoms with Gasteiger partial charge in [0.1, 0.15) is 5.82 Å². The average molecular weight is 355 g/mol. The van der Waals surface area contributed by atoms with Gasteiger partial charge in [-0.25, -0.2) is 4.39 Å². The molecule has 0 aliphatic rings. The lowest BCUT2D eigenvalue weighted by Crippen LogP contribution is -2.14. The van der Waals surface area contributed by atoms with Crippen molar-refractivity contribution in [1.29, 1.82) is 0 Å². The SMILES string of the molecule is Cc1cccc(F)c1NC(=O)c1cccc(I)c1. The Morgan fingerprint density at radius 3 is 2.61 bits per heavy atom. The van der Waals surface area contributed by atoms with E-state index in [1.807, 2.05) is 6.07 Å². The molecule has 2 aromatic carbocycles. The average Bonchev–Trinajstić information content (AvgIpc) is 2.34. The van der Waals surface area contributed by atoms with Crippen LogP contribution in [0.3, 0.4) is 0 Å². The summed E-state index contributed by atoms with van der Waals surface area (Å²) in [6, 6.07) is 11.9. The van der Waals surface area contributed by atoms with Crippen LogP contribution in [0.1, 0.15) is 15.9 Å². The van der Waals surface area contributed by atoms with E-state index in [-0.39, 0.29) is 11.6 Å². The van der Waals surface area contributed by atoms with E-state index in [0.717, 1.165) is 3.57 Å². The van der Waals surface area contributed by atoms with Crippen molar-refractivity contribution in [3.8, 4) is 0 Å². The Labute approximate surface area is 118 Å². The van der Waals surface area contributed by atoms with Gasteiger partial charge in [-0.3, -0.25) is 4.79 Å². The molecule has 2 rings (SSSR count). The summed E-state index contributed by atoms with van der Waals surface area (Å²) in [6.45, 7) is 1.76. The number of nitrogens with one attached hydrogen (secondary N) is 1. The smallest absolute Gasteiger partial charge is 0.255 e. The second-order valence-electron chi connectivity index (χ2n) is 3.90. The summed E-state index contributed by atoms with van der Waals surface area (Å²) in [5, 5.41) is 2.60. The predicted octanol–water partition coefficient (Wildman–Crippen LogP) is 3.99. The zero-order chi connectivity index (χ0) is 13.1. The molecule has 2 aromatic rings.